The summed E-state index contributed by atoms with van der Waals surface area (Å²) in [5, 5.41) is 0. The number of halogens is 1. The van der Waals surface area contributed by atoms with Crippen LogP contribution < -0.4 is 10.5 Å². The second-order valence-corrected chi connectivity index (χ2v) is 5.02. The van der Waals surface area contributed by atoms with E-state index in [4.69, 9.17) is 15.2 Å². The van der Waals surface area contributed by atoms with Gasteiger partial charge in [0.25, 0.3) is 0 Å². The molecule has 0 aliphatic rings. The van der Waals surface area contributed by atoms with Gasteiger partial charge in [0.1, 0.15) is 11.3 Å². The van der Waals surface area contributed by atoms with E-state index in [0.29, 0.717) is 17.9 Å². The van der Waals surface area contributed by atoms with E-state index >= 15 is 0 Å². The lowest BCUT2D eigenvalue weighted by molar-refractivity contribution is 0.0596. The van der Waals surface area contributed by atoms with Crippen molar-refractivity contribution in [1.29, 1.82) is 0 Å². The molecule has 0 bridgehead atoms. The van der Waals surface area contributed by atoms with Crippen molar-refractivity contribution in [3.8, 4) is 5.75 Å². The van der Waals surface area contributed by atoms with Crippen LogP contribution in [0, 0.1) is 0 Å². The maximum atomic E-state index is 11.5. The van der Waals surface area contributed by atoms with Crippen LogP contribution >= 0.6 is 15.9 Å². The predicted molar refractivity (Wildman–Crippen MR) is 73.9 cm³/mol. The number of nitrogens with two attached hydrogens (primary N) is 1. The van der Waals surface area contributed by atoms with E-state index in [0.717, 1.165) is 17.3 Å². The van der Waals surface area contributed by atoms with Gasteiger partial charge in [-0.15, -0.1) is 0 Å². The molecule has 0 spiro atoms. The fraction of sp³-hybridized carbons (Fsp3) is 0.462. The lowest BCUT2D eigenvalue weighted by Gasteiger charge is -2.11. The molecule has 1 atom stereocenters. The van der Waals surface area contributed by atoms with Crippen molar-refractivity contribution in [3.05, 3.63) is 28.2 Å². The summed E-state index contributed by atoms with van der Waals surface area (Å²) in [4.78, 5) is 11.5. The summed E-state index contributed by atoms with van der Waals surface area (Å²) < 4.78 is 11.2. The average Bonchev–Trinajstić information content (AvgIpc) is 2.33. The first-order valence-corrected chi connectivity index (χ1v) is 6.60. The van der Waals surface area contributed by atoms with Gasteiger partial charge in [-0.2, -0.15) is 0 Å². The SMILES string of the molecule is COC(=O)c1ccc(Br)cc1OCCC[C@@H](C)N. The van der Waals surface area contributed by atoms with Crippen molar-refractivity contribution in [3.63, 3.8) is 0 Å². The Hall–Kier alpha value is -1.07. The van der Waals surface area contributed by atoms with E-state index in [-0.39, 0.29) is 6.04 Å². The van der Waals surface area contributed by atoms with E-state index in [1.165, 1.54) is 7.11 Å². The average molecular weight is 316 g/mol. The lowest BCUT2D eigenvalue weighted by Crippen LogP contribution is -2.16. The Morgan fingerprint density at radius 1 is 1.50 bits per heavy atom. The van der Waals surface area contributed by atoms with Gasteiger partial charge < -0.3 is 15.2 Å². The van der Waals surface area contributed by atoms with Gasteiger partial charge in [0.15, 0.2) is 0 Å². The second-order valence-electron chi connectivity index (χ2n) is 4.10. The Balaban J connectivity index is 2.67. The molecule has 18 heavy (non-hydrogen) atoms. The van der Waals surface area contributed by atoms with Gasteiger partial charge in [0.05, 0.1) is 13.7 Å². The molecule has 0 unspecified atom stereocenters. The third kappa shape index (κ3) is 4.66. The molecule has 0 heterocycles. The quantitative estimate of drug-likeness (QED) is 0.647. The van der Waals surface area contributed by atoms with Crippen molar-refractivity contribution in [2.75, 3.05) is 13.7 Å². The number of carbonyl (C=O) groups excluding carboxylic acids is 1. The van der Waals surface area contributed by atoms with Crippen molar-refractivity contribution < 1.29 is 14.3 Å². The predicted octanol–water partition coefficient (Wildman–Crippen LogP) is 2.74. The maximum Gasteiger partial charge on any atom is 0.341 e. The minimum Gasteiger partial charge on any atom is -0.493 e. The maximum absolute atomic E-state index is 11.5. The molecule has 1 aromatic carbocycles. The van der Waals surface area contributed by atoms with Crippen molar-refractivity contribution >= 4 is 21.9 Å². The largest absolute Gasteiger partial charge is 0.493 e. The number of hydrogen-bond donors (Lipinski definition) is 1. The number of rotatable bonds is 6. The monoisotopic (exact) mass is 315 g/mol. The molecule has 0 amide bonds. The van der Waals surface area contributed by atoms with Crippen molar-refractivity contribution in [1.82, 2.24) is 0 Å². The van der Waals surface area contributed by atoms with E-state index in [1.54, 1.807) is 18.2 Å². The van der Waals surface area contributed by atoms with E-state index in [1.807, 2.05) is 6.92 Å². The van der Waals surface area contributed by atoms with Crippen LogP contribution in [-0.4, -0.2) is 25.7 Å². The van der Waals surface area contributed by atoms with Crippen LogP contribution in [0.25, 0.3) is 0 Å². The lowest BCUT2D eigenvalue weighted by atomic mass is 10.2. The molecule has 0 aliphatic carbocycles. The molecular formula is C13H18BrNO3. The smallest absolute Gasteiger partial charge is 0.341 e. The summed E-state index contributed by atoms with van der Waals surface area (Å²) >= 11 is 3.35. The molecule has 2 N–H and O–H groups in total. The molecule has 0 aliphatic heterocycles. The van der Waals surface area contributed by atoms with E-state index in [2.05, 4.69) is 15.9 Å². The second kappa shape index (κ2) is 7.38. The van der Waals surface area contributed by atoms with Crippen LogP contribution in [0.15, 0.2) is 22.7 Å². The molecule has 0 saturated carbocycles. The summed E-state index contributed by atoms with van der Waals surface area (Å²) in [6.07, 6.45) is 1.74. The number of ether oxygens (including phenoxy) is 2. The van der Waals surface area contributed by atoms with Gasteiger partial charge >= 0.3 is 5.97 Å². The summed E-state index contributed by atoms with van der Waals surface area (Å²) in [6.45, 7) is 2.49. The Morgan fingerprint density at radius 2 is 2.22 bits per heavy atom. The Morgan fingerprint density at radius 3 is 2.83 bits per heavy atom. The number of carbonyl (C=O) groups is 1. The highest BCUT2D eigenvalue weighted by atomic mass is 79.9. The third-order valence-corrected chi connectivity index (χ3v) is 2.90. The van der Waals surface area contributed by atoms with Gasteiger partial charge in [-0.1, -0.05) is 15.9 Å². The van der Waals surface area contributed by atoms with Crippen LogP contribution in [-0.2, 0) is 4.74 Å². The molecule has 100 valence electrons. The summed E-state index contributed by atoms with van der Waals surface area (Å²) in [6, 6.07) is 5.38. The Kier molecular flexibility index (Phi) is 6.15. The highest BCUT2D eigenvalue weighted by molar-refractivity contribution is 9.10. The fourth-order valence-corrected chi connectivity index (χ4v) is 1.82. The highest BCUT2D eigenvalue weighted by Gasteiger charge is 2.13. The van der Waals surface area contributed by atoms with Gasteiger partial charge in [-0.25, -0.2) is 4.79 Å². The molecule has 5 heteroatoms. The summed E-state index contributed by atoms with van der Waals surface area (Å²) in [5.41, 5.74) is 6.09. The molecule has 0 radical (unpaired) electrons. The number of methoxy groups -OCH3 is 1. The van der Waals surface area contributed by atoms with E-state index < -0.39 is 5.97 Å². The third-order valence-electron chi connectivity index (χ3n) is 2.41. The number of hydrogen-bond acceptors (Lipinski definition) is 4. The zero-order valence-corrected chi connectivity index (χ0v) is 12.2. The van der Waals surface area contributed by atoms with Gasteiger partial charge in [-0.3, -0.25) is 0 Å². The molecule has 0 aromatic heterocycles. The minimum atomic E-state index is -0.398. The number of benzene rings is 1. The van der Waals surface area contributed by atoms with Gasteiger partial charge in [0.2, 0.25) is 0 Å². The van der Waals surface area contributed by atoms with Crippen LogP contribution in [0.5, 0.6) is 5.75 Å². The number of esters is 1. The standard InChI is InChI=1S/C13H18BrNO3/c1-9(15)4-3-7-18-12-8-10(14)5-6-11(12)13(16)17-2/h5-6,8-9H,3-4,7,15H2,1-2H3/t9-/m1/s1. The fourth-order valence-electron chi connectivity index (χ4n) is 1.48. The van der Waals surface area contributed by atoms with Gasteiger partial charge in [0, 0.05) is 10.5 Å². The molecule has 1 rings (SSSR count). The molecule has 4 nitrogen and oxygen atoms in total. The van der Waals surface area contributed by atoms with Crippen LogP contribution in [0.4, 0.5) is 0 Å². The highest BCUT2D eigenvalue weighted by Crippen LogP contribution is 2.24. The molecular weight excluding hydrogens is 298 g/mol. The Labute approximate surface area is 116 Å². The summed E-state index contributed by atoms with van der Waals surface area (Å²) in [7, 11) is 1.35. The first-order valence-electron chi connectivity index (χ1n) is 5.81. The van der Waals surface area contributed by atoms with Crippen molar-refractivity contribution in [2.45, 2.75) is 25.8 Å². The van der Waals surface area contributed by atoms with E-state index in [9.17, 15) is 4.79 Å². The first-order chi connectivity index (χ1) is 8.54. The topological polar surface area (TPSA) is 61.5 Å². The van der Waals surface area contributed by atoms with Crippen LogP contribution in [0.1, 0.15) is 30.1 Å². The van der Waals surface area contributed by atoms with Crippen molar-refractivity contribution in [2.24, 2.45) is 5.73 Å². The minimum absolute atomic E-state index is 0.163. The molecule has 0 saturated heterocycles. The van der Waals surface area contributed by atoms with Gasteiger partial charge in [-0.05, 0) is 38.0 Å². The van der Waals surface area contributed by atoms with Crippen LogP contribution in [0.2, 0.25) is 0 Å². The summed E-state index contributed by atoms with van der Waals surface area (Å²) in [5.74, 6) is 0.130. The normalized spacial score (nSPS) is 12.0. The zero-order valence-electron chi connectivity index (χ0n) is 10.6. The first kappa shape index (κ1) is 15.0. The van der Waals surface area contributed by atoms with Crippen LogP contribution in [0.3, 0.4) is 0 Å². The zero-order chi connectivity index (χ0) is 13.5. The molecule has 0 fully saturated rings. The Bertz CT molecular complexity index is 407. The molecule has 1 aromatic rings.